The van der Waals surface area contributed by atoms with Gasteiger partial charge >= 0.3 is 5.97 Å². The number of anilines is 1. The Morgan fingerprint density at radius 1 is 1.05 bits per heavy atom. The molecule has 4 nitrogen and oxygen atoms in total. The van der Waals surface area contributed by atoms with Crippen molar-refractivity contribution in [3.8, 4) is 11.1 Å². The Hall–Kier alpha value is -2.88. The van der Waals surface area contributed by atoms with E-state index in [2.05, 4.69) is 5.32 Å². The molecule has 1 amide bonds. The monoisotopic (exact) mass is 295 g/mol. The molecule has 0 saturated heterocycles. The lowest BCUT2D eigenvalue weighted by atomic mass is 10.0. The van der Waals surface area contributed by atoms with E-state index in [4.69, 9.17) is 4.74 Å². The third kappa shape index (κ3) is 4.31. The van der Waals surface area contributed by atoms with Crippen molar-refractivity contribution in [2.24, 2.45) is 0 Å². The minimum Gasteiger partial charge on any atom is -0.452 e. The van der Waals surface area contributed by atoms with E-state index in [1.54, 1.807) is 13.0 Å². The second kappa shape index (κ2) is 7.78. The minimum absolute atomic E-state index is 0.313. The van der Waals surface area contributed by atoms with E-state index in [0.29, 0.717) is 5.69 Å². The van der Waals surface area contributed by atoms with Crippen LogP contribution in [0, 0.1) is 0 Å². The van der Waals surface area contributed by atoms with Crippen LogP contribution in [0.25, 0.3) is 11.1 Å². The van der Waals surface area contributed by atoms with Crippen LogP contribution < -0.4 is 5.32 Å². The normalized spacial score (nSPS) is 10.4. The summed E-state index contributed by atoms with van der Waals surface area (Å²) in [4.78, 5) is 23.1. The van der Waals surface area contributed by atoms with Gasteiger partial charge in [-0.25, -0.2) is 4.79 Å². The Balaban J connectivity index is 2.07. The first-order valence-corrected chi connectivity index (χ1v) is 6.94. The average Bonchev–Trinajstić information content (AvgIpc) is 2.55. The molecule has 0 saturated carbocycles. The van der Waals surface area contributed by atoms with Crippen LogP contribution in [-0.4, -0.2) is 18.5 Å². The molecule has 2 aromatic rings. The number of esters is 1. The van der Waals surface area contributed by atoms with Gasteiger partial charge in [0.2, 0.25) is 0 Å². The van der Waals surface area contributed by atoms with Crippen molar-refractivity contribution in [2.45, 2.75) is 6.92 Å². The molecule has 0 radical (unpaired) electrons. The zero-order valence-electron chi connectivity index (χ0n) is 12.3. The second-order valence-corrected chi connectivity index (χ2v) is 4.57. The summed E-state index contributed by atoms with van der Waals surface area (Å²) in [5.41, 5.74) is 2.60. The van der Waals surface area contributed by atoms with Crippen molar-refractivity contribution in [3.05, 3.63) is 66.7 Å². The average molecular weight is 295 g/mol. The van der Waals surface area contributed by atoms with E-state index in [0.717, 1.165) is 11.1 Å². The summed E-state index contributed by atoms with van der Waals surface area (Å²) in [6, 6.07) is 17.2. The fourth-order valence-electron chi connectivity index (χ4n) is 1.97. The lowest BCUT2D eigenvalue weighted by Gasteiger charge is -2.11. The largest absolute Gasteiger partial charge is 0.452 e. The van der Waals surface area contributed by atoms with E-state index in [1.165, 1.54) is 6.08 Å². The summed E-state index contributed by atoms with van der Waals surface area (Å²) in [7, 11) is 0. The highest BCUT2D eigenvalue weighted by molar-refractivity contribution is 5.97. The molecule has 0 aliphatic heterocycles. The van der Waals surface area contributed by atoms with E-state index in [1.807, 2.05) is 54.6 Å². The fourth-order valence-corrected chi connectivity index (χ4v) is 1.97. The number of rotatable bonds is 5. The van der Waals surface area contributed by atoms with Gasteiger partial charge in [0.1, 0.15) is 0 Å². The molecular formula is C18H17NO3. The van der Waals surface area contributed by atoms with Crippen LogP contribution in [-0.2, 0) is 14.3 Å². The molecule has 4 heteroatoms. The summed E-state index contributed by atoms with van der Waals surface area (Å²) in [5.74, 6) is -0.907. The van der Waals surface area contributed by atoms with Gasteiger partial charge in [0.15, 0.2) is 6.61 Å². The van der Waals surface area contributed by atoms with Crippen molar-refractivity contribution in [1.29, 1.82) is 0 Å². The van der Waals surface area contributed by atoms with E-state index in [-0.39, 0.29) is 12.5 Å². The second-order valence-electron chi connectivity index (χ2n) is 4.57. The highest BCUT2D eigenvalue weighted by atomic mass is 16.5. The Labute approximate surface area is 129 Å². The summed E-state index contributed by atoms with van der Waals surface area (Å²) < 4.78 is 4.82. The molecule has 0 bridgehead atoms. The van der Waals surface area contributed by atoms with Crippen molar-refractivity contribution in [3.63, 3.8) is 0 Å². The lowest BCUT2D eigenvalue weighted by Crippen LogP contribution is -2.20. The molecule has 0 atom stereocenters. The Morgan fingerprint density at radius 2 is 1.73 bits per heavy atom. The lowest BCUT2D eigenvalue weighted by molar-refractivity contribution is -0.142. The third-order valence-electron chi connectivity index (χ3n) is 2.93. The molecule has 2 aromatic carbocycles. The van der Waals surface area contributed by atoms with Gasteiger partial charge in [-0.05, 0) is 18.6 Å². The SMILES string of the molecule is C/C=C/C(=O)OCC(=O)Nc1ccccc1-c1ccccc1. The molecule has 0 aliphatic rings. The van der Waals surface area contributed by atoms with Crippen molar-refractivity contribution < 1.29 is 14.3 Å². The Kier molecular flexibility index (Phi) is 5.49. The Morgan fingerprint density at radius 3 is 2.45 bits per heavy atom. The van der Waals surface area contributed by atoms with Gasteiger partial charge in [-0.1, -0.05) is 54.6 Å². The van der Waals surface area contributed by atoms with Gasteiger partial charge in [0.25, 0.3) is 5.91 Å². The molecule has 0 aliphatic carbocycles. The van der Waals surface area contributed by atoms with Crippen LogP contribution in [0.4, 0.5) is 5.69 Å². The van der Waals surface area contributed by atoms with Crippen molar-refractivity contribution >= 4 is 17.6 Å². The number of benzene rings is 2. The van der Waals surface area contributed by atoms with Crippen LogP contribution >= 0.6 is 0 Å². The van der Waals surface area contributed by atoms with Gasteiger partial charge in [-0.2, -0.15) is 0 Å². The number of carbonyl (C=O) groups excluding carboxylic acids is 2. The van der Waals surface area contributed by atoms with E-state index < -0.39 is 5.97 Å². The molecular weight excluding hydrogens is 278 g/mol. The molecule has 22 heavy (non-hydrogen) atoms. The van der Waals surface area contributed by atoms with Crippen LogP contribution in [0.1, 0.15) is 6.92 Å². The standard InChI is InChI=1S/C18H17NO3/c1-2-8-18(21)22-13-17(20)19-16-12-7-6-11-15(16)14-9-4-3-5-10-14/h2-12H,13H2,1H3,(H,19,20)/b8-2+. The first-order valence-electron chi connectivity index (χ1n) is 6.94. The predicted octanol–water partition coefficient (Wildman–Crippen LogP) is 3.41. The minimum atomic E-state index is -0.533. The molecule has 0 spiro atoms. The highest BCUT2D eigenvalue weighted by Gasteiger charge is 2.09. The van der Waals surface area contributed by atoms with Gasteiger partial charge in [-0.3, -0.25) is 4.79 Å². The van der Waals surface area contributed by atoms with Gasteiger partial charge in [0, 0.05) is 17.3 Å². The maximum atomic E-state index is 11.9. The number of carbonyl (C=O) groups is 2. The number of hydrogen-bond acceptors (Lipinski definition) is 3. The first-order chi connectivity index (χ1) is 10.7. The first kappa shape index (κ1) is 15.5. The van der Waals surface area contributed by atoms with Crippen LogP contribution in [0.5, 0.6) is 0 Å². The molecule has 0 aromatic heterocycles. The number of nitrogens with one attached hydrogen (secondary N) is 1. The highest BCUT2D eigenvalue weighted by Crippen LogP contribution is 2.27. The summed E-state index contributed by atoms with van der Waals surface area (Å²) in [6.07, 6.45) is 2.83. The van der Waals surface area contributed by atoms with Gasteiger partial charge in [0.05, 0.1) is 0 Å². The third-order valence-corrected chi connectivity index (χ3v) is 2.93. The van der Waals surface area contributed by atoms with Gasteiger partial charge < -0.3 is 10.1 Å². The van der Waals surface area contributed by atoms with Crippen molar-refractivity contribution in [2.75, 3.05) is 11.9 Å². The number of hydrogen-bond donors (Lipinski definition) is 1. The van der Waals surface area contributed by atoms with Crippen LogP contribution in [0.2, 0.25) is 0 Å². The zero-order valence-corrected chi connectivity index (χ0v) is 12.3. The molecule has 0 unspecified atom stereocenters. The maximum Gasteiger partial charge on any atom is 0.330 e. The number of allylic oxidation sites excluding steroid dienone is 1. The Bertz CT molecular complexity index is 678. The van der Waals surface area contributed by atoms with E-state index >= 15 is 0 Å². The number of amides is 1. The molecule has 0 heterocycles. The van der Waals surface area contributed by atoms with E-state index in [9.17, 15) is 9.59 Å². The maximum absolute atomic E-state index is 11.9. The number of ether oxygens (including phenoxy) is 1. The number of para-hydroxylation sites is 1. The molecule has 2 rings (SSSR count). The smallest absolute Gasteiger partial charge is 0.330 e. The predicted molar refractivity (Wildman–Crippen MR) is 86.3 cm³/mol. The quantitative estimate of drug-likeness (QED) is 0.679. The summed E-state index contributed by atoms with van der Waals surface area (Å²) >= 11 is 0. The van der Waals surface area contributed by atoms with Crippen LogP contribution in [0.15, 0.2) is 66.7 Å². The molecule has 0 fully saturated rings. The topological polar surface area (TPSA) is 55.4 Å². The summed E-state index contributed by atoms with van der Waals surface area (Å²) in [6.45, 7) is 1.39. The molecule has 1 N–H and O–H groups in total. The fraction of sp³-hybridized carbons (Fsp3) is 0.111. The molecule has 112 valence electrons. The van der Waals surface area contributed by atoms with Crippen LogP contribution in [0.3, 0.4) is 0 Å². The zero-order chi connectivity index (χ0) is 15.8. The van der Waals surface area contributed by atoms with Gasteiger partial charge in [-0.15, -0.1) is 0 Å². The summed E-state index contributed by atoms with van der Waals surface area (Å²) in [5, 5.41) is 2.77. The van der Waals surface area contributed by atoms with Crippen molar-refractivity contribution in [1.82, 2.24) is 0 Å².